The largest absolute Gasteiger partial charge is 0.497 e. The summed E-state index contributed by atoms with van der Waals surface area (Å²) in [5.74, 6) is 0.897. The molecular weight excluding hydrogens is 294 g/mol. The highest BCUT2D eigenvalue weighted by Gasteiger charge is 2.13. The van der Waals surface area contributed by atoms with Crippen LogP contribution < -0.4 is 10.2 Å². The van der Waals surface area contributed by atoms with Crippen LogP contribution in [0.4, 0.5) is 0 Å². The van der Waals surface area contributed by atoms with Gasteiger partial charge in [-0.25, -0.2) is 5.01 Å². The Kier molecular flexibility index (Phi) is 5.00. The third-order valence-corrected chi connectivity index (χ3v) is 4.02. The van der Waals surface area contributed by atoms with Gasteiger partial charge in [0, 0.05) is 37.2 Å². The van der Waals surface area contributed by atoms with E-state index in [1.165, 1.54) is 5.56 Å². The van der Waals surface area contributed by atoms with Crippen LogP contribution in [0.15, 0.2) is 22.7 Å². The fourth-order valence-electron chi connectivity index (χ4n) is 1.98. The van der Waals surface area contributed by atoms with Crippen molar-refractivity contribution in [3.63, 3.8) is 0 Å². The Morgan fingerprint density at radius 2 is 2.00 bits per heavy atom. The number of halogens is 1. The van der Waals surface area contributed by atoms with Gasteiger partial charge in [0.05, 0.1) is 7.11 Å². The van der Waals surface area contributed by atoms with Crippen LogP contribution in [0.3, 0.4) is 0 Å². The highest BCUT2D eigenvalue weighted by atomic mass is 79.9. The second-order valence-corrected chi connectivity index (χ2v) is 5.44. The van der Waals surface area contributed by atoms with Gasteiger partial charge in [-0.2, -0.15) is 0 Å². The summed E-state index contributed by atoms with van der Waals surface area (Å²) in [5.41, 5.74) is 4.69. The lowest BCUT2D eigenvalue weighted by molar-refractivity contribution is 0.102. The minimum absolute atomic E-state index is 0.821. The molecule has 1 saturated heterocycles. The SMILES string of the molecule is COc1ccc(Br)c(CNN2CCN(C)CC2)c1. The number of likely N-dealkylation sites (N-methyl/N-ethyl adjacent to an activating group) is 1. The molecule has 1 fully saturated rings. The van der Waals surface area contributed by atoms with Crippen molar-refractivity contribution < 1.29 is 4.74 Å². The highest BCUT2D eigenvalue weighted by molar-refractivity contribution is 9.10. The van der Waals surface area contributed by atoms with E-state index in [4.69, 9.17) is 4.74 Å². The van der Waals surface area contributed by atoms with E-state index < -0.39 is 0 Å². The van der Waals surface area contributed by atoms with Crippen molar-refractivity contribution in [2.45, 2.75) is 6.54 Å². The van der Waals surface area contributed by atoms with Gasteiger partial charge in [-0.3, -0.25) is 5.43 Å². The molecule has 1 aliphatic rings. The number of piperazine rings is 1. The molecule has 18 heavy (non-hydrogen) atoms. The van der Waals surface area contributed by atoms with Crippen molar-refractivity contribution in [3.05, 3.63) is 28.2 Å². The van der Waals surface area contributed by atoms with Gasteiger partial charge in [-0.15, -0.1) is 0 Å². The normalized spacial score (nSPS) is 17.9. The van der Waals surface area contributed by atoms with Gasteiger partial charge in [-0.05, 0) is 30.8 Å². The zero-order chi connectivity index (χ0) is 13.0. The number of ether oxygens (including phenoxy) is 1. The second-order valence-electron chi connectivity index (χ2n) is 4.58. The third-order valence-electron chi connectivity index (χ3n) is 3.25. The number of hydrogen-bond donors (Lipinski definition) is 1. The Bertz CT molecular complexity index is 392. The van der Waals surface area contributed by atoms with Crippen molar-refractivity contribution in [2.75, 3.05) is 40.3 Å². The first-order chi connectivity index (χ1) is 8.69. The number of methoxy groups -OCH3 is 1. The third kappa shape index (κ3) is 3.68. The monoisotopic (exact) mass is 313 g/mol. The fraction of sp³-hybridized carbons (Fsp3) is 0.538. The molecule has 0 saturated carbocycles. The summed E-state index contributed by atoms with van der Waals surface area (Å²) in [4.78, 5) is 2.35. The minimum atomic E-state index is 0.821. The van der Waals surface area contributed by atoms with Gasteiger partial charge in [0.2, 0.25) is 0 Å². The molecule has 4 nitrogen and oxygen atoms in total. The molecule has 0 spiro atoms. The predicted octanol–water partition coefficient (Wildman–Crippen LogP) is 1.71. The van der Waals surface area contributed by atoms with Gasteiger partial charge < -0.3 is 9.64 Å². The Morgan fingerprint density at radius 1 is 1.28 bits per heavy atom. The number of hydrazine groups is 1. The molecule has 0 aromatic heterocycles. The lowest BCUT2D eigenvalue weighted by atomic mass is 10.2. The van der Waals surface area contributed by atoms with Crippen LogP contribution in [0.5, 0.6) is 5.75 Å². The molecule has 1 N–H and O–H groups in total. The van der Waals surface area contributed by atoms with Gasteiger partial charge in [0.25, 0.3) is 0 Å². The number of nitrogens with zero attached hydrogens (tertiary/aromatic N) is 2. The number of benzene rings is 1. The van der Waals surface area contributed by atoms with Crippen LogP contribution in [0, 0.1) is 0 Å². The van der Waals surface area contributed by atoms with E-state index in [1.807, 2.05) is 12.1 Å². The number of rotatable bonds is 4. The molecule has 0 amide bonds. The lowest BCUT2D eigenvalue weighted by Crippen LogP contribution is -2.50. The van der Waals surface area contributed by atoms with E-state index in [0.29, 0.717) is 0 Å². The van der Waals surface area contributed by atoms with Crippen molar-refractivity contribution in [3.8, 4) is 5.75 Å². The van der Waals surface area contributed by atoms with Gasteiger partial charge in [-0.1, -0.05) is 15.9 Å². The molecular formula is C13H20BrN3O. The standard InChI is InChI=1S/C13H20BrN3O/c1-16-5-7-17(8-6-16)15-10-11-9-12(18-2)3-4-13(11)14/h3-4,9,15H,5-8,10H2,1-2H3. The Hall–Kier alpha value is -0.620. The summed E-state index contributed by atoms with van der Waals surface area (Å²) in [6.45, 7) is 5.19. The van der Waals surface area contributed by atoms with Crippen LogP contribution in [0.25, 0.3) is 0 Å². The maximum atomic E-state index is 5.25. The molecule has 0 atom stereocenters. The maximum absolute atomic E-state index is 5.25. The number of hydrogen-bond acceptors (Lipinski definition) is 4. The summed E-state index contributed by atoms with van der Waals surface area (Å²) in [7, 11) is 3.86. The zero-order valence-corrected chi connectivity index (χ0v) is 12.5. The summed E-state index contributed by atoms with van der Waals surface area (Å²) in [6.07, 6.45) is 0. The average molecular weight is 314 g/mol. The molecule has 0 unspecified atom stereocenters. The first kappa shape index (κ1) is 13.8. The van der Waals surface area contributed by atoms with E-state index in [0.717, 1.165) is 42.9 Å². The predicted molar refractivity (Wildman–Crippen MR) is 76.6 cm³/mol. The van der Waals surface area contributed by atoms with Crippen molar-refractivity contribution in [1.82, 2.24) is 15.3 Å². The average Bonchev–Trinajstić information content (AvgIpc) is 2.40. The molecule has 0 bridgehead atoms. The molecule has 100 valence electrons. The zero-order valence-electron chi connectivity index (χ0n) is 10.9. The molecule has 1 heterocycles. The Balaban J connectivity index is 1.89. The smallest absolute Gasteiger partial charge is 0.119 e. The topological polar surface area (TPSA) is 27.7 Å². The molecule has 5 heteroatoms. The first-order valence-corrected chi connectivity index (χ1v) is 6.98. The van der Waals surface area contributed by atoms with Gasteiger partial charge in [0.1, 0.15) is 5.75 Å². The summed E-state index contributed by atoms with van der Waals surface area (Å²) in [6, 6.07) is 6.05. The van der Waals surface area contributed by atoms with Gasteiger partial charge >= 0.3 is 0 Å². The Labute approximate surface area is 117 Å². The highest BCUT2D eigenvalue weighted by Crippen LogP contribution is 2.22. The number of nitrogens with one attached hydrogen (secondary N) is 1. The quantitative estimate of drug-likeness (QED) is 0.916. The van der Waals surface area contributed by atoms with Crippen molar-refractivity contribution >= 4 is 15.9 Å². The van der Waals surface area contributed by atoms with Gasteiger partial charge in [0.15, 0.2) is 0 Å². The van der Waals surface area contributed by atoms with Crippen LogP contribution in [0.2, 0.25) is 0 Å². The van der Waals surface area contributed by atoms with E-state index in [2.05, 4.69) is 44.4 Å². The van der Waals surface area contributed by atoms with Crippen molar-refractivity contribution in [1.29, 1.82) is 0 Å². The van der Waals surface area contributed by atoms with E-state index in [9.17, 15) is 0 Å². The van der Waals surface area contributed by atoms with Crippen LogP contribution in [-0.2, 0) is 6.54 Å². The summed E-state index contributed by atoms with van der Waals surface area (Å²) >= 11 is 3.57. The summed E-state index contributed by atoms with van der Waals surface area (Å²) in [5, 5.41) is 2.28. The Morgan fingerprint density at radius 3 is 2.67 bits per heavy atom. The van der Waals surface area contributed by atoms with E-state index in [-0.39, 0.29) is 0 Å². The molecule has 0 aliphatic carbocycles. The molecule has 1 aromatic carbocycles. The minimum Gasteiger partial charge on any atom is -0.497 e. The summed E-state index contributed by atoms with van der Waals surface area (Å²) < 4.78 is 6.36. The van der Waals surface area contributed by atoms with E-state index >= 15 is 0 Å². The lowest BCUT2D eigenvalue weighted by Gasteiger charge is -2.32. The van der Waals surface area contributed by atoms with Crippen LogP contribution in [0.1, 0.15) is 5.56 Å². The molecule has 0 radical (unpaired) electrons. The molecule has 2 rings (SSSR count). The van der Waals surface area contributed by atoms with Crippen LogP contribution in [-0.4, -0.2) is 50.2 Å². The fourth-order valence-corrected chi connectivity index (χ4v) is 2.36. The maximum Gasteiger partial charge on any atom is 0.119 e. The molecule has 1 aliphatic heterocycles. The second kappa shape index (κ2) is 6.52. The van der Waals surface area contributed by atoms with E-state index in [1.54, 1.807) is 7.11 Å². The van der Waals surface area contributed by atoms with Crippen LogP contribution >= 0.6 is 15.9 Å². The van der Waals surface area contributed by atoms with Crippen molar-refractivity contribution in [2.24, 2.45) is 0 Å². The first-order valence-electron chi connectivity index (χ1n) is 6.18. The molecule has 1 aromatic rings.